The van der Waals surface area contributed by atoms with Crippen LogP contribution in [0.4, 0.5) is 0 Å². The van der Waals surface area contributed by atoms with E-state index in [2.05, 4.69) is 13.8 Å². The molecule has 1 aromatic rings. The maximum Gasteiger partial charge on any atom is 0.296 e. The Morgan fingerprint density at radius 1 is 0.870 bits per heavy atom. The highest BCUT2D eigenvalue weighted by atomic mass is 32.2. The Bertz CT molecular complexity index is 486. The van der Waals surface area contributed by atoms with E-state index in [0.717, 1.165) is 25.2 Å². The van der Waals surface area contributed by atoms with Crippen LogP contribution in [0.5, 0.6) is 0 Å². The van der Waals surface area contributed by atoms with Crippen LogP contribution < -0.4 is 6.15 Å². The lowest BCUT2D eigenvalue weighted by atomic mass is 10.0. The average Bonchev–Trinajstić information content (AvgIpc) is 2.49. The van der Waals surface area contributed by atoms with Crippen molar-refractivity contribution in [1.29, 1.82) is 0 Å². The first-order chi connectivity index (χ1) is 10.5. The van der Waals surface area contributed by atoms with Crippen LogP contribution in [0.3, 0.4) is 0 Å². The van der Waals surface area contributed by atoms with Gasteiger partial charge in [0.05, 0.1) is 11.5 Å². The smallest absolute Gasteiger partial charge is 0.296 e. The molecule has 0 aromatic heterocycles. The summed E-state index contributed by atoms with van der Waals surface area (Å²) in [4.78, 5) is 0.236. The van der Waals surface area contributed by atoms with Crippen molar-refractivity contribution in [3.8, 4) is 0 Å². The molecule has 3 N–H and O–H groups in total. The summed E-state index contributed by atoms with van der Waals surface area (Å²) in [5.74, 6) is 0.809. The van der Waals surface area contributed by atoms with Crippen molar-refractivity contribution in [2.45, 2.75) is 70.1 Å². The Balaban J connectivity index is 0.00000484. The summed E-state index contributed by atoms with van der Waals surface area (Å²) in [6, 6.07) is 8.32. The molecule has 0 spiro atoms. The molecule has 0 saturated carbocycles. The Morgan fingerprint density at radius 3 is 1.96 bits per heavy atom. The molecule has 0 heterocycles. The molecule has 1 aromatic carbocycles. The maximum absolute atomic E-state index is 11.9. The van der Waals surface area contributed by atoms with Gasteiger partial charge < -0.3 is 6.15 Å². The standard InChI is InChI=1S/C18H30O3S.H3N/c1-17(2)13-9-6-4-3-5-7-12-16-21-22(19,20)18-14-10-8-11-15-18;/h8,10-11,14-15,17H,3-7,9,12-13,16H2,1-2H3;1H3. The molecule has 4 nitrogen and oxygen atoms in total. The second-order valence-electron chi connectivity index (χ2n) is 6.25. The van der Waals surface area contributed by atoms with Crippen molar-refractivity contribution in [3.05, 3.63) is 30.3 Å². The molecule has 0 saturated heterocycles. The van der Waals surface area contributed by atoms with Crippen molar-refractivity contribution in [2.24, 2.45) is 5.92 Å². The predicted octanol–water partition coefficient (Wildman–Crippen LogP) is 5.33. The fourth-order valence-corrected chi connectivity index (χ4v) is 3.33. The van der Waals surface area contributed by atoms with Crippen LogP contribution in [0.25, 0.3) is 0 Å². The summed E-state index contributed by atoms with van der Waals surface area (Å²) in [7, 11) is -3.57. The van der Waals surface area contributed by atoms with Crippen LogP contribution >= 0.6 is 0 Å². The van der Waals surface area contributed by atoms with E-state index in [0.29, 0.717) is 0 Å². The molecule has 0 aliphatic carbocycles. The third-order valence-electron chi connectivity index (χ3n) is 3.70. The van der Waals surface area contributed by atoms with Crippen LogP contribution in [0.1, 0.15) is 65.2 Å². The zero-order chi connectivity index (χ0) is 16.3. The minimum atomic E-state index is -3.57. The van der Waals surface area contributed by atoms with Gasteiger partial charge in [0.1, 0.15) is 0 Å². The van der Waals surface area contributed by atoms with Gasteiger partial charge in [-0.1, -0.05) is 77.0 Å². The van der Waals surface area contributed by atoms with Crippen LogP contribution in [0.15, 0.2) is 35.2 Å². The van der Waals surface area contributed by atoms with Crippen molar-refractivity contribution >= 4 is 10.1 Å². The van der Waals surface area contributed by atoms with E-state index in [4.69, 9.17) is 4.18 Å². The lowest BCUT2D eigenvalue weighted by Crippen LogP contribution is -2.07. The third-order valence-corrected chi connectivity index (χ3v) is 5.02. The minimum absolute atomic E-state index is 0. The average molecular weight is 344 g/mol. The molecule has 0 bridgehead atoms. The van der Waals surface area contributed by atoms with Crippen LogP contribution in [-0.4, -0.2) is 15.0 Å². The Kier molecular flexibility index (Phi) is 12.0. The van der Waals surface area contributed by atoms with E-state index in [1.165, 1.54) is 32.1 Å². The van der Waals surface area contributed by atoms with Crippen molar-refractivity contribution < 1.29 is 12.6 Å². The molecule has 1 rings (SSSR count). The summed E-state index contributed by atoms with van der Waals surface area (Å²) in [6.07, 6.45) is 9.50. The van der Waals surface area contributed by atoms with Gasteiger partial charge in [0.25, 0.3) is 10.1 Å². The third kappa shape index (κ3) is 10.5. The highest BCUT2D eigenvalue weighted by molar-refractivity contribution is 7.86. The maximum atomic E-state index is 11.9. The van der Waals surface area contributed by atoms with Crippen molar-refractivity contribution in [1.82, 2.24) is 6.15 Å². The van der Waals surface area contributed by atoms with Gasteiger partial charge in [0.15, 0.2) is 0 Å². The van der Waals surface area contributed by atoms with E-state index in [-0.39, 0.29) is 17.7 Å². The van der Waals surface area contributed by atoms with Gasteiger partial charge in [-0.25, -0.2) is 0 Å². The second kappa shape index (κ2) is 12.5. The van der Waals surface area contributed by atoms with Crippen molar-refractivity contribution in [2.75, 3.05) is 6.61 Å². The number of unbranched alkanes of at least 4 members (excludes halogenated alkanes) is 6. The normalized spacial score (nSPS) is 11.4. The van der Waals surface area contributed by atoms with Gasteiger partial charge in [-0.05, 0) is 24.5 Å². The first-order valence-electron chi connectivity index (χ1n) is 8.47. The molecule has 0 atom stereocenters. The fraction of sp³-hybridized carbons (Fsp3) is 0.667. The SMILES string of the molecule is CC(C)CCCCCCCCCOS(=O)(=O)c1ccccc1.N. The molecule has 0 fully saturated rings. The molecular weight excluding hydrogens is 310 g/mol. The molecule has 0 amide bonds. The molecule has 0 radical (unpaired) electrons. The van der Waals surface area contributed by atoms with Crippen LogP contribution in [-0.2, 0) is 14.3 Å². The van der Waals surface area contributed by atoms with Crippen LogP contribution in [0, 0.1) is 5.92 Å². The van der Waals surface area contributed by atoms with E-state index in [9.17, 15) is 8.42 Å². The monoisotopic (exact) mass is 343 g/mol. The van der Waals surface area contributed by atoms with Gasteiger partial charge in [-0.2, -0.15) is 8.42 Å². The van der Waals surface area contributed by atoms with E-state index >= 15 is 0 Å². The van der Waals surface area contributed by atoms with E-state index in [1.807, 2.05) is 0 Å². The summed E-state index contributed by atoms with van der Waals surface area (Å²) < 4.78 is 28.8. The van der Waals surface area contributed by atoms with Crippen LogP contribution in [0.2, 0.25) is 0 Å². The first-order valence-corrected chi connectivity index (χ1v) is 9.87. The summed E-state index contributed by atoms with van der Waals surface area (Å²) in [6.45, 7) is 4.82. The molecule has 0 aliphatic rings. The minimum Gasteiger partial charge on any atom is -0.344 e. The molecular formula is C18H33NO3S. The van der Waals surface area contributed by atoms with E-state index in [1.54, 1.807) is 30.3 Å². The molecule has 134 valence electrons. The lowest BCUT2D eigenvalue weighted by Gasteiger charge is -2.06. The largest absolute Gasteiger partial charge is 0.344 e. The van der Waals surface area contributed by atoms with Gasteiger partial charge in [0, 0.05) is 0 Å². The molecule has 23 heavy (non-hydrogen) atoms. The number of hydrogen-bond acceptors (Lipinski definition) is 4. The highest BCUT2D eigenvalue weighted by Gasteiger charge is 2.13. The number of rotatable bonds is 12. The summed E-state index contributed by atoms with van der Waals surface area (Å²) in [5.41, 5.74) is 0. The zero-order valence-corrected chi connectivity index (χ0v) is 15.5. The van der Waals surface area contributed by atoms with Crippen molar-refractivity contribution in [3.63, 3.8) is 0 Å². The van der Waals surface area contributed by atoms with Gasteiger partial charge in [-0.3, -0.25) is 4.18 Å². The lowest BCUT2D eigenvalue weighted by molar-refractivity contribution is 0.306. The molecule has 0 unspecified atom stereocenters. The number of benzene rings is 1. The van der Waals surface area contributed by atoms with Gasteiger partial charge in [-0.15, -0.1) is 0 Å². The summed E-state index contributed by atoms with van der Waals surface area (Å²) in [5, 5.41) is 0. The Morgan fingerprint density at radius 2 is 1.39 bits per heavy atom. The zero-order valence-electron chi connectivity index (χ0n) is 14.7. The molecule has 0 aliphatic heterocycles. The summed E-state index contributed by atoms with van der Waals surface area (Å²) >= 11 is 0. The Hall–Kier alpha value is -0.910. The quantitative estimate of drug-likeness (QED) is 0.411. The van der Waals surface area contributed by atoms with Gasteiger partial charge in [0.2, 0.25) is 0 Å². The highest BCUT2D eigenvalue weighted by Crippen LogP contribution is 2.14. The Labute approximate surface area is 142 Å². The van der Waals surface area contributed by atoms with E-state index < -0.39 is 10.1 Å². The predicted molar refractivity (Wildman–Crippen MR) is 96.4 cm³/mol. The first kappa shape index (κ1) is 22.1. The fourth-order valence-electron chi connectivity index (χ4n) is 2.36. The topological polar surface area (TPSA) is 78.4 Å². The number of hydrogen-bond donors (Lipinski definition) is 1. The second-order valence-corrected chi connectivity index (χ2v) is 7.86. The van der Waals surface area contributed by atoms with Gasteiger partial charge >= 0.3 is 0 Å². The molecule has 5 heteroatoms.